The van der Waals surface area contributed by atoms with Gasteiger partial charge in [-0.3, -0.25) is 5.84 Å². The summed E-state index contributed by atoms with van der Waals surface area (Å²) in [4.78, 5) is 0. The van der Waals surface area contributed by atoms with Crippen molar-refractivity contribution in [2.45, 2.75) is 32.7 Å². The summed E-state index contributed by atoms with van der Waals surface area (Å²) in [6.07, 6.45) is 2.23. The summed E-state index contributed by atoms with van der Waals surface area (Å²) in [6.45, 7) is 8.79. The average molecular weight is 234 g/mol. The Morgan fingerprint density at radius 3 is 2.53 bits per heavy atom. The number of unbranched alkanes of at least 4 members (excludes halogenated alkanes) is 1. The highest BCUT2D eigenvalue weighted by Crippen LogP contribution is 2.21. The third kappa shape index (κ3) is 4.21. The fourth-order valence-corrected chi connectivity index (χ4v) is 1.61. The molecule has 1 rings (SSSR count). The summed E-state index contributed by atoms with van der Waals surface area (Å²) in [6, 6.07) is 7.97. The molecule has 3 heteroatoms. The van der Waals surface area contributed by atoms with E-state index in [4.69, 9.17) is 10.6 Å². The van der Waals surface area contributed by atoms with Gasteiger partial charge in [-0.15, -0.1) is 0 Å². The van der Waals surface area contributed by atoms with Crippen LogP contribution in [-0.4, -0.2) is 6.61 Å². The number of nitrogens with one attached hydrogen (secondary N) is 1. The van der Waals surface area contributed by atoms with Crippen LogP contribution in [0, 0.1) is 0 Å². The van der Waals surface area contributed by atoms with Crippen molar-refractivity contribution in [2.75, 3.05) is 6.61 Å². The summed E-state index contributed by atoms with van der Waals surface area (Å²) in [5.74, 6) is 6.40. The van der Waals surface area contributed by atoms with Gasteiger partial charge in [-0.1, -0.05) is 37.6 Å². The molecule has 1 atom stereocenters. The second-order valence-electron chi connectivity index (χ2n) is 4.22. The molecule has 0 bridgehead atoms. The molecule has 0 aliphatic heterocycles. The molecule has 0 saturated carbocycles. The molecule has 94 valence electrons. The third-order valence-electron chi connectivity index (χ3n) is 2.64. The Bertz CT molecular complexity index is 346. The zero-order valence-electron chi connectivity index (χ0n) is 10.7. The van der Waals surface area contributed by atoms with Crippen LogP contribution in [0.25, 0.3) is 0 Å². The van der Waals surface area contributed by atoms with E-state index in [1.54, 1.807) is 0 Å². The monoisotopic (exact) mass is 234 g/mol. The van der Waals surface area contributed by atoms with E-state index >= 15 is 0 Å². The van der Waals surface area contributed by atoms with Crippen molar-refractivity contribution in [3.63, 3.8) is 0 Å². The molecule has 1 aromatic rings. The van der Waals surface area contributed by atoms with Crippen molar-refractivity contribution in [1.82, 2.24) is 5.43 Å². The Balaban J connectivity index is 2.63. The van der Waals surface area contributed by atoms with Crippen molar-refractivity contribution in [1.29, 1.82) is 0 Å². The number of hydrazine groups is 1. The highest BCUT2D eigenvalue weighted by Gasteiger charge is 2.09. The van der Waals surface area contributed by atoms with Crippen molar-refractivity contribution >= 4 is 0 Å². The van der Waals surface area contributed by atoms with E-state index in [-0.39, 0.29) is 6.04 Å². The van der Waals surface area contributed by atoms with Gasteiger partial charge in [0.15, 0.2) is 0 Å². The van der Waals surface area contributed by atoms with Crippen LogP contribution in [-0.2, 0) is 0 Å². The highest BCUT2D eigenvalue weighted by atomic mass is 16.5. The van der Waals surface area contributed by atoms with Crippen LogP contribution < -0.4 is 16.0 Å². The molecular weight excluding hydrogens is 212 g/mol. The van der Waals surface area contributed by atoms with Crippen LogP contribution in [0.5, 0.6) is 5.75 Å². The Labute approximate surface area is 104 Å². The fraction of sp³-hybridized carbons (Fsp3) is 0.429. The van der Waals surface area contributed by atoms with Crippen molar-refractivity contribution in [3.8, 4) is 5.75 Å². The topological polar surface area (TPSA) is 47.3 Å². The lowest BCUT2D eigenvalue weighted by atomic mass is 10.0. The second-order valence-corrected chi connectivity index (χ2v) is 4.22. The van der Waals surface area contributed by atoms with Gasteiger partial charge < -0.3 is 4.74 Å². The van der Waals surface area contributed by atoms with E-state index in [2.05, 4.69) is 18.9 Å². The van der Waals surface area contributed by atoms with Crippen LogP contribution in [0.3, 0.4) is 0 Å². The lowest BCUT2D eigenvalue weighted by Gasteiger charge is -2.16. The SMILES string of the molecule is C=C(C)C(NN)c1ccc(OCCCC)cc1. The molecule has 1 unspecified atom stereocenters. The molecule has 0 aliphatic rings. The van der Waals surface area contributed by atoms with Gasteiger partial charge in [0, 0.05) is 0 Å². The minimum Gasteiger partial charge on any atom is -0.494 e. The minimum atomic E-state index is -0.000285. The Morgan fingerprint density at radius 2 is 2.06 bits per heavy atom. The van der Waals surface area contributed by atoms with E-state index < -0.39 is 0 Å². The standard InChI is InChI=1S/C14H22N2O/c1-4-5-10-17-13-8-6-12(7-9-13)14(16-15)11(2)3/h6-9,14,16H,2,4-5,10,15H2,1,3H3. The van der Waals surface area contributed by atoms with Crippen molar-refractivity contribution < 1.29 is 4.74 Å². The Kier molecular flexibility index (Phi) is 5.73. The highest BCUT2D eigenvalue weighted by molar-refractivity contribution is 5.32. The molecule has 3 N–H and O–H groups in total. The summed E-state index contributed by atoms with van der Waals surface area (Å²) in [5, 5.41) is 0. The molecule has 0 spiro atoms. The number of benzene rings is 1. The number of nitrogens with two attached hydrogens (primary N) is 1. The quantitative estimate of drug-likeness (QED) is 0.330. The van der Waals surface area contributed by atoms with E-state index in [9.17, 15) is 0 Å². The lowest BCUT2D eigenvalue weighted by molar-refractivity contribution is 0.309. The molecule has 17 heavy (non-hydrogen) atoms. The molecule has 0 radical (unpaired) electrons. The fourth-order valence-electron chi connectivity index (χ4n) is 1.61. The van der Waals surface area contributed by atoms with Crippen LogP contribution >= 0.6 is 0 Å². The molecule has 0 amide bonds. The van der Waals surface area contributed by atoms with E-state index in [1.807, 2.05) is 31.2 Å². The molecule has 0 saturated heterocycles. The predicted octanol–water partition coefficient (Wildman–Crippen LogP) is 2.95. The Morgan fingerprint density at radius 1 is 1.41 bits per heavy atom. The van der Waals surface area contributed by atoms with Crippen LogP contribution in [0.15, 0.2) is 36.4 Å². The summed E-state index contributed by atoms with van der Waals surface area (Å²) in [7, 11) is 0. The van der Waals surface area contributed by atoms with Crippen molar-refractivity contribution in [2.24, 2.45) is 5.84 Å². The number of hydrogen-bond acceptors (Lipinski definition) is 3. The van der Waals surface area contributed by atoms with E-state index in [1.165, 1.54) is 0 Å². The predicted molar refractivity (Wildman–Crippen MR) is 71.7 cm³/mol. The first-order valence-electron chi connectivity index (χ1n) is 6.03. The largest absolute Gasteiger partial charge is 0.494 e. The number of ether oxygens (including phenoxy) is 1. The van der Waals surface area contributed by atoms with Gasteiger partial charge in [-0.05, 0) is 31.0 Å². The van der Waals surface area contributed by atoms with Crippen LogP contribution in [0.2, 0.25) is 0 Å². The van der Waals surface area contributed by atoms with Gasteiger partial charge in [0.2, 0.25) is 0 Å². The van der Waals surface area contributed by atoms with Gasteiger partial charge >= 0.3 is 0 Å². The maximum atomic E-state index is 5.60. The van der Waals surface area contributed by atoms with Crippen molar-refractivity contribution in [3.05, 3.63) is 42.0 Å². The Hall–Kier alpha value is -1.32. The number of rotatable bonds is 7. The molecule has 3 nitrogen and oxygen atoms in total. The van der Waals surface area contributed by atoms with Gasteiger partial charge in [0.05, 0.1) is 12.6 Å². The normalized spacial score (nSPS) is 12.2. The minimum absolute atomic E-state index is 0.000285. The molecule has 0 fully saturated rings. The molecule has 1 aromatic carbocycles. The zero-order chi connectivity index (χ0) is 12.7. The second kappa shape index (κ2) is 7.09. The summed E-state index contributed by atoms with van der Waals surface area (Å²) in [5.41, 5.74) is 4.84. The smallest absolute Gasteiger partial charge is 0.119 e. The third-order valence-corrected chi connectivity index (χ3v) is 2.64. The number of hydrogen-bond donors (Lipinski definition) is 2. The van der Waals surface area contributed by atoms with Crippen LogP contribution in [0.4, 0.5) is 0 Å². The maximum absolute atomic E-state index is 5.60. The first-order chi connectivity index (χ1) is 8.19. The summed E-state index contributed by atoms with van der Waals surface area (Å²) >= 11 is 0. The van der Waals surface area contributed by atoms with Gasteiger partial charge in [0.1, 0.15) is 5.75 Å². The molecule has 0 aliphatic carbocycles. The average Bonchev–Trinajstić information content (AvgIpc) is 2.32. The molecule has 0 heterocycles. The molecule has 0 aromatic heterocycles. The van der Waals surface area contributed by atoms with Crippen LogP contribution in [0.1, 0.15) is 38.3 Å². The maximum Gasteiger partial charge on any atom is 0.119 e. The summed E-state index contributed by atoms with van der Waals surface area (Å²) < 4.78 is 5.60. The lowest BCUT2D eigenvalue weighted by Crippen LogP contribution is -2.28. The van der Waals surface area contributed by atoms with E-state index in [0.29, 0.717) is 0 Å². The zero-order valence-corrected chi connectivity index (χ0v) is 10.7. The molecular formula is C14H22N2O. The van der Waals surface area contributed by atoms with Gasteiger partial charge in [0.25, 0.3) is 0 Å². The first kappa shape index (κ1) is 13.7. The van der Waals surface area contributed by atoms with Gasteiger partial charge in [-0.2, -0.15) is 0 Å². The van der Waals surface area contributed by atoms with E-state index in [0.717, 1.165) is 36.3 Å². The first-order valence-corrected chi connectivity index (χ1v) is 6.03. The van der Waals surface area contributed by atoms with Gasteiger partial charge in [-0.25, -0.2) is 5.43 Å².